The second-order valence-electron chi connectivity index (χ2n) is 7.26. The van der Waals surface area contributed by atoms with Gasteiger partial charge >= 0.3 is 0 Å². The first-order chi connectivity index (χ1) is 14.0. The van der Waals surface area contributed by atoms with Crippen molar-refractivity contribution in [2.24, 2.45) is 7.05 Å². The molecule has 0 amide bonds. The van der Waals surface area contributed by atoms with E-state index >= 15 is 0 Å². The Bertz CT molecular complexity index is 1160. The van der Waals surface area contributed by atoms with Gasteiger partial charge in [0.15, 0.2) is 0 Å². The van der Waals surface area contributed by atoms with E-state index in [0.717, 1.165) is 11.0 Å². The van der Waals surface area contributed by atoms with Crippen LogP contribution in [0.25, 0.3) is 10.9 Å². The first kappa shape index (κ1) is 19.4. The van der Waals surface area contributed by atoms with Crippen molar-refractivity contribution in [3.05, 3.63) is 68.9 Å². The standard InChI is InChI=1S/C20H21F2N5O2/c1-25-12-23-9-13(19(25)28)10-26-8-4-7-16(26)18-24-15-6-3-2-5-14(15)20(29)27(18)11-17(21)22/h2-3,5-6,9,12,16-17H,4,7-8,10-11H2,1H3. The molecule has 152 valence electrons. The Hall–Kier alpha value is -2.94. The number of nitrogens with zero attached hydrogens (tertiary/aromatic N) is 5. The van der Waals surface area contributed by atoms with Crippen LogP contribution in [0.1, 0.15) is 30.3 Å². The molecule has 0 bridgehead atoms. The molecule has 1 aliphatic rings. The van der Waals surface area contributed by atoms with Crippen LogP contribution in [0.2, 0.25) is 0 Å². The maximum Gasteiger partial charge on any atom is 0.261 e. The summed E-state index contributed by atoms with van der Waals surface area (Å²) in [6.07, 6.45) is 1.79. The van der Waals surface area contributed by atoms with Crippen molar-refractivity contribution in [3.63, 3.8) is 0 Å². The molecule has 0 spiro atoms. The minimum atomic E-state index is -2.67. The number of hydrogen-bond donors (Lipinski definition) is 0. The third-order valence-corrected chi connectivity index (χ3v) is 5.31. The van der Waals surface area contributed by atoms with Gasteiger partial charge in [0.25, 0.3) is 17.5 Å². The van der Waals surface area contributed by atoms with Crippen LogP contribution in [0.3, 0.4) is 0 Å². The number of para-hydroxylation sites is 1. The molecule has 1 aliphatic heterocycles. The highest BCUT2D eigenvalue weighted by Gasteiger charge is 2.31. The molecular weight excluding hydrogens is 380 g/mol. The maximum atomic E-state index is 13.3. The predicted octanol–water partition coefficient (Wildman–Crippen LogP) is 2.09. The zero-order valence-electron chi connectivity index (χ0n) is 16.0. The Morgan fingerprint density at radius 1 is 1.21 bits per heavy atom. The molecule has 29 heavy (non-hydrogen) atoms. The summed E-state index contributed by atoms with van der Waals surface area (Å²) < 4.78 is 29.0. The van der Waals surface area contributed by atoms with Crippen LogP contribution >= 0.6 is 0 Å². The lowest BCUT2D eigenvalue weighted by Gasteiger charge is -2.26. The molecule has 1 aromatic carbocycles. The Morgan fingerprint density at radius 2 is 2.00 bits per heavy atom. The third kappa shape index (κ3) is 3.69. The van der Waals surface area contributed by atoms with E-state index in [1.807, 2.05) is 4.90 Å². The van der Waals surface area contributed by atoms with Gasteiger partial charge in [0.1, 0.15) is 5.82 Å². The fourth-order valence-corrected chi connectivity index (χ4v) is 3.95. The first-order valence-electron chi connectivity index (χ1n) is 9.47. The highest BCUT2D eigenvalue weighted by molar-refractivity contribution is 5.77. The van der Waals surface area contributed by atoms with Crippen LogP contribution < -0.4 is 11.1 Å². The molecule has 9 heteroatoms. The van der Waals surface area contributed by atoms with Crippen molar-refractivity contribution >= 4 is 10.9 Å². The van der Waals surface area contributed by atoms with Crippen LogP contribution in [0, 0.1) is 0 Å². The number of aryl methyl sites for hydroxylation is 1. The van der Waals surface area contributed by atoms with Gasteiger partial charge in [0.2, 0.25) is 0 Å². The maximum absolute atomic E-state index is 13.3. The predicted molar refractivity (Wildman–Crippen MR) is 104 cm³/mol. The zero-order valence-corrected chi connectivity index (χ0v) is 16.0. The highest BCUT2D eigenvalue weighted by atomic mass is 19.3. The minimum absolute atomic E-state index is 0.151. The number of benzene rings is 1. The Kier molecular flexibility index (Phi) is 5.23. The fraction of sp³-hybridized carbons (Fsp3) is 0.400. The Labute approximate surface area is 165 Å². The van der Waals surface area contributed by atoms with E-state index in [9.17, 15) is 18.4 Å². The molecule has 4 rings (SSSR count). The van der Waals surface area contributed by atoms with Gasteiger partial charge in [0, 0.05) is 25.4 Å². The molecule has 3 aromatic rings. The molecule has 1 atom stereocenters. The van der Waals surface area contributed by atoms with E-state index in [0.29, 0.717) is 41.8 Å². The second kappa shape index (κ2) is 7.82. The molecule has 0 radical (unpaired) electrons. The lowest BCUT2D eigenvalue weighted by atomic mass is 10.1. The van der Waals surface area contributed by atoms with Gasteiger partial charge in [-0.05, 0) is 31.5 Å². The molecule has 1 fully saturated rings. The molecule has 1 unspecified atom stereocenters. The summed E-state index contributed by atoms with van der Waals surface area (Å²) in [6, 6.07) is 6.45. The van der Waals surface area contributed by atoms with Crippen molar-refractivity contribution in [2.75, 3.05) is 6.54 Å². The van der Waals surface area contributed by atoms with Gasteiger partial charge in [-0.15, -0.1) is 0 Å². The molecule has 7 nitrogen and oxygen atoms in total. The van der Waals surface area contributed by atoms with Gasteiger partial charge in [-0.1, -0.05) is 12.1 Å². The van der Waals surface area contributed by atoms with Crippen LogP contribution in [0.4, 0.5) is 8.78 Å². The minimum Gasteiger partial charge on any atom is -0.302 e. The van der Waals surface area contributed by atoms with Gasteiger partial charge in [0.05, 0.1) is 29.8 Å². The number of halogens is 2. The summed E-state index contributed by atoms with van der Waals surface area (Å²) in [5.74, 6) is 0.326. The van der Waals surface area contributed by atoms with Crippen LogP contribution in [0.5, 0.6) is 0 Å². The topological polar surface area (TPSA) is 73.0 Å². The summed E-state index contributed by atoms with van der Waals surface area (Å²) >= 11 is 0. The first-order valence-corrected chi connectivity index (χ1v) is 9.47. The average molecular weight is 401 g/mol. The highest BCUT2D eigenvalue weighted by Crippen LogP contribution is 2.32. The molecule has 0 saturated carbocycles. The number of rotatable bonds is 5. The van der Waals surface area contributed by atoms with E-state index in [-0.39, 0.29) is 11.6 Å². The van der Waals surface area contributed by atoms with Gasteiger partial charge in [-0.25, -0.2) is 18.7 Å². The largest absolute Gasteiger partial charge is 0.302 e. The van der Waals surface area contributed by atoms with Crippen LogP contribution in [-0.4, -0.2) is 37.0 Å². The SMILES string of the molecule is Cn1cncc(CN2CCCC2c2nc3ccccc3c(=O)n2CC(F)F)c1=O. The second-order valence-corrected chi connectivity index (χ2v) is 7.26. The van der Waals surface area contributed by atoms with Crippen LogP contribution in [0.15, 0.2) is 46.4 Å². The van der Waals surface area contributed by atoms with Crippen molar-refractivity contribution in [2.45, 2.75) is 38.4 Å². The average Bonchev–Trinajstić information content (AvgIpc) is 3.15. The smallest absolute Gasteiger partial charge is 0.261 e. The van der Waals surface area contributed by atoms with E-state index in [1.54, 1.807) is 31.3 Å². The summed E-state index contributed by atoms with van der Waals surface area (Å²) in [5, 5.41) is 0.322. The number of alkyl halides is 2. The monoisotopic (exact) mass is 401 g/mol. The number of hydrogen-bond acceptors (Lipinski definition) is 5. The van der Waals surface area contributed by atoms with Crippen molar-refractivity contribution in [1.82, 2.24) is 24.0 Å². The van der Waals surface area contributed by atoms with E-state index in [1.165, 1.54) is 17.1 Å². The molecule has 2 aromatic heterocycles. The third-order valence-electron chi connectivity index (χ3n) is 5.31. The normalized spacial score (nSPS) is 17.4. The summed E-state index contributed by atoms with van der Waals surface area (Å²) in [6.45, 7) is 0.299. The van der Waals surface area contributed by atoms with E-state index < -0.39 is 18.5 Å². The van der Waals surface area contributed by atoms with Crippen LogP contribution in [-0.2, 0) is 20.1 Å². The molecule has 3 heterocycles. The number of aromatic nitrogens is 4. The lowest BCUT2D eigenvalue weighted by molar-refractivity contribution is 0.120. The molecule has 0 aliphatic carbocycles. The summed E-state index contributed by atoms with van der Waals surface area (Å²) in [7, 11) is 1.63. The number of fused-ring (bicyclic) bond motifs is 1. The van der Waals surface area contributed by atoms with Gasteiger partial charge in [-0.3, -0.25) is 19.1 Å². The number of likely N-dealkylation sites (tertiary alicyclic amines) is 1. The van der Waals surface area contributed by atoms with Crippen molar-refractivity contribution in [3.8, 4) is 0 Å². The fourth-order valence-electron chi connectivity index (χ4n) is 3.95. The van der Waals surface area contributed by atoms with E-state index in [2.05, 4.69) is 9.97 Å². The molecule has 0 N–H and O–H groups in total. The van der Waals surface area contributed by atoms with Gasteiger partial charge < -0.3 is 4.57 Å². The summed E-state index contributed by atoms with van der Waals surface area (Å²) in [5.41, 5.74) is 0.393. The Morgan fingerprint density at radius 3 is 2.79 bits per heavy atom. The quantitative estimate of drug-likeness (QED) is 0.655. The van der Waals surface area contributed by atoms with Crippen molar-refractivity contribution in [1.29, 1.82) is 0 Å². The zero-order chi connectivity index (χ0) is 20.5. The molecular formula is C20H21F2N5O2. The van der Waals surface area contributed by atoms with Gasteiger partial charge in [-0.2, -0.15) is 0 Å². The Balaban J connectivity index is 1.78. The van der Waals surface area contributed by atoms with Crippen molar-refractivity contribution < 1.29 is 8.78 Å². The lowest BCUT2D eigenvalue weighted by Crippen LogP contribution is -2.35. The van der Waals surface area contributed by atoms with E-state index in [4.69, 9.17) is 0 Å². The summed E-state index contributed by atoms with van der Waals surface area (Å²) in [4.78, 5) is 35.9. The molecule has 1 saturated heterocycles.